The van der Waals surface area contributed by atoms with Gasteiger partial charge in [0.1, 0.15) is 0 Å². The van der Waals surface area contributed by atoms with Crippen LogP contribution in [0.3, 0.4) is 0 Å². The first-order valence-corrected chi connectivity index (χ1v) is 8.19. The van der Waals surface area contributed by atoms with E-state index in [-0.39, 0.29) is 5.88 Å². The zero-order valence-corrected chi connectivity index (χ0v) is 15.6. The Kier molecular flexibility index (Phi) is 7.30. The molecule has 2 N–H and O–H groups in total. The van der Waals surface area contributed by atoms with Gasteiger partial charge in [-0.3, -0.25) is 4.99 Å². The summed E-state index contributed by atoms with van der Waals surface area (Å²) < 4.78 is 51.5. The maximum atomic E-state index is 12.1. The fraction of sp³-hybridized carbons (Fsp3) is 0.333. The van der Waals surface area contributed by atoms with E-state index in [1.54, 1.807) is 39.5 Å². The SMILES string of the molecule is CN=C(NCc1ccc(OCC(F)(F)F)nc1)Nc1ccc(OC)c(OC)c1. The standard InChI is InChI=1S/C18H21F3N4O3/c1-22-17(25-13-5-6-14(26-2)15(8-13)27-3)24-10-12-4-7-16(23-9-12)28-11-18(19,20)21/h4-9H,10-11H2,1-3H3,(H2,22,24,25). The molecule has 28 heavy (non-hydrogen) atoms. The fourth-order valence-corrected chi connectivity index (χ4v) is 2.17. The van der Waals surface area contributed by atoms with Crippen LogP contribution in [0.25, 0.3) is 0 Å². The van der Waals surface area contributed by atoms with Crippen LogP contribution in [0.5, 0.6) is 17.4 Å². The molecule has 0 fully saturated rings. The molecule has 2 rings (SSSR count). The van der Waals surface area contributed by atoms with Crippen molar-refractivity contribution >= 4 is 11.6 Å². The van der Waals surface area contributed by atoms with E-state index in [1.807, 2.05) is 6.07 Å². The Morgan fingerprint density at radius 3 is 2.43 bits per heavy atom. The molecule has 1 aromatic heterocycles. The van der Waals surface area contributed by atoms with Gasteiger partial charge in [0.25, 0.3) is 0 Å². The van der Waals surface area contributed by atoms with Crippen molar-refractivity contribution in [3.63, 3.8) is 0 Å². The number of benzene rings is 1. The monoisotopic (exact) mass is 398 g/mol. The molecule has 0 saturated heterocycles. The highest BCUT2D eigenvalue weighted by molar-refractivity contribution is 5.93. The zero-order chi connectivity index (χ0) is 20.6. The summed E-state index contributed by atoms with van der Waals surface area (Å²) in [6.07, 6.45) is -2.97. The minimum atomic E-state index is -4.40. The minimum Gasteiger partial charge on any atom is -0.493 e. The van der Waals surface area contributed by atoms with Crippen LogP contribution in [0.15, 0.2) is 41.5 Å². The number of methoxy groups -OCH3 is 2. The highest BCUT2D eigenvalue weighted by Gasteiger charge is 2.28. The van der Waals surface area contributed by atoms with E-state index >= 15 is 0 Å². The minimum absolute atomic E-state index is 0.0890. The van der Waals surface area contributed by atoms with Crippen LogP contribution < -0.4 is 24.8 Å². The van der Waals surface area contributed by atoms with Crippen LogP contribution in [0, 0.1) is 0 Å². The second-order valence-electron chi connectivity index (χ2n) is 5.53. The Labute approximate surface area is 160 Å². The van der Waals surface area contributed by atoms with Crippen molar-refractivity contribution in [3.8, 4) is 17.4 Å². The van der Waals surface area contributed by atoms with Crippen LogP contribution in [0.2, 0.25) is 0 Å². The van der Waals surface area contributed by atoms with Gasteiger partial charge in [-0.2, -0.15) is 13.2 Å². The number of hydrogen-bond acceptors (Lipinski definition) is 5. The first-order valence-electron chi connectivity index (χ1n) is 8.19. The number of pyridine rings is 1. The number of anilines is 1. The number of nitrogens with one attached hydrogen (secondary N) is 2. The normalized spacial score (nSPS) is 11.7. The van der Waals surface area contributed by atoms with E-state index in [2.05, 4.69) is 25.3 Å². The number of alkyl halides is 3. The van der Waals surface area contributed by atoms with Crippen molar-refractivity contribution in [2.24, 2.45) is 4.99 Å². The average molecular weight is 398 g/mol. The van der Waals surface area contributed by atoms with Crippen molar-refractivity contribution in [2.75, 3.05) is 33.2 Å². The Bertz CT molecular complexity index is 796. The van der Waals surface area contributed by atoms with Crippen molar-refractivity contribution in [3.05, 3.63) is 42.1 Å². The molecule has 0 aliphatic carbocycles. The number of aliphatic imine (C=N–C) groups is 1. The molecule has 10 heteroatoms. The van der Waals surface area contributed by atoms with Gasteiger partial charge in [0.15, 0.2) is 24.1 Å². The van der Waals surface area contributed by atoms with Crippen LogP contribution in [-0.2, 0) is 6.54 Å². The van der Waals surface area contributed by atoms with Crippen molar-refractivity contribution in [2.45, 2.75) is 12.7 Å². The lowest BCUT2D eigenvalue weighted by molar-refractivity contribution is -0.154. The summed E-state index contributed by atoms with van der Waals surface area (Å²) >= 11 is 0. The smallest absolute Gasteiger partial charge is 0.422 e. The van der Waals surface area contributed by atoms with Gasteiger partial charge in [-0.25, -0.2) is 4.98 Å². The lowest BCUT2D eigenvalue weighted by Crippen LogP contribution is -2.30. The molecule has 0 saturated carbocycles. The molecule has 1 aromatic carbocycles. The van der Waals surface area contributed by atoms with Crippen LogP contribution in [-0.4, -0.2) is 45.0 Å². The molecule has 0 aliphatic rings. The van der Waals surface area contributed by atoms with Gasteiger partial charge >= 0.3 is 6.18 Å². The summed E-state index contributed by atoms with van der Waals surface area (Å²) in [5.41, 5.74) is 1.48. The van der Waals surface area contributed by atoms with Gasteiger partial charge in [0, 0.05) is 37.6 Å². The van der Waals surface area contributed by atoms with Crippen molar-refractivity contribution < 1.29 is 27.4 Å². The van der Waals surface area contributed by atoms with E-state index in [9.17, 15) is 13.2 Å². The number of ether oxygens (including phenoxy) is 3. The lowest BCUT2D eigenvalue weighted by Gasteiger charge is -2.14. The summed E-state index contributed by atoms with van der Waals surface area (Å²) in [5, 5.41) is 6.19. The predicted molar refractivity (Wildman–Crippen MR) is 99.2 cm³/mol. The van der Waals surface area contributed by atoms with E-state index in [0.717, 1.165) is 11.3 Å². The van der Waals surface area contributed by atoms with Gasteiger partial charge in [-0.1, -0.05) is 6.07 Å². The van der Waals surface area contributed by atoms with E-state index < -0.39 is 12.8 Å². The molecule has 0 atom stereocenters. The van der Waals surface area contributed by atoms with Gasteiger partial charge in [-0.05, 0) is 17.7 Å². The second kappa shape index (κ2) is 9.67. The zero-order valence-electron chi connectivity index (χ0n) is 15.6. The number of rotatable bonds is 7. The molecule has 152 valence electrons. The molecule has 7 nitrogen and oxygen atoms in total. The number of nitrogens with zero attached hydrogens (tertiary/aromatic N) is 2. The maximum absolute atomic E-state index is 12.1. The molecule has 0 spiro atoms. The van der Waals surface area contributed by atoms with E-state index in [4.69, 9.17) is 9.47 Å². The first kappa shape index (κ1) is 21.1. The quantitative estimate of drug-likeness (QED) is 0.551. The predicted octanol–water partition coefficient (Wildman–Crippen LogP) is 3.23. The third-order valence-electron chi connectivity index (χ3n) is 3.51. The molecule has 0 radical (unpaired) electrons. The Hall–Kier alpha value is -3.17. The van der Waals surface area contributed by atoms with Gasteiger partial charge < -0.3 is 24.8 Å². The van der Waals surface area contributed by atoms with E-state index in [1.165, 1.54) is 12.3 Å². The number of guanidine groups is 1. The summed E-state index contributed by atoms with van der Waals surface area (Å²) in [6, 6.07) is 8.34. The van der Waals surface area contributed by atoms with Gasteiger partial charge in [-0.15, -0.1) is 0 Å². The van der Waals surface area contributed by atoms with E-state index in [0.29, 0.717) is 24.0 Å². The van der Waals surface area contributed by atoms with Crippen LogP contribution in [0.4, 0.5) is 18.9 Å². The molecule has 0 aliphatic heterocycles. The topological polar surface area (TPSA) is 77.0 Å². The molecular formula is C18H21F3N4O3. The Morgan fingerprint density at radius 2 is 1.86 bits per heavy atom. The Morgan fingerprint density at radius 1 is 1.11 bits per heavy atom. The number of hydrogen-bond donors (Lipinski definition) is 2. The van der Waals surface area contributed by atoms with Crippen molar-refractivity contribution in [1.29, 1.82) is 0 Å². The summed E-state index contributed by atoms with van der Waals surface area (Å²) in [6.45, 7) is -1.01. The first-order chi connectivity index (χ1) is 13.3. The molecule has 2 aromatic rings. The Balaban J connectivity index is 1.92. The third-order valence-corrected chi connectivity index (χ3v) is 3.51. The van der Waals surface area contributed by atoms with Gasteiger partial charge in [0.05, 0.1) is 14.2 Å². The molecular weight excluding hydrogens is 377 g/mol. The summed E-state index contributed by atoms with van der Waals surface area (Å²) in [7, 11) is 4.71. The molecule has 0 bridgehead atoms. The average Bonchev–Trinajstić information content (AvgIpc) is 2.69. The van der Waals surface area contributed by atoms with Gasteiger partial charge in [0.2, 0.25) is 5.88 Å². The third kappa shape index (κ3) is 6.53. The lowest BCUT2D eigenvalue weighted by atomic mass is 10.2. The largest absolute Gasteiger partial charge is 0.493 e. The van der Waals surface area contributed by atoms with Crippen LogP contribution >= 0.6 is 0 Å². The second-order valence-corrected chi connectivity index (χ2v) is 5.53. The summed E-state index contributed by atoms with van der Waals surface area (Å²) in [5.74, 6) is 1.58. The highest BCUT2D eigenvalue weighted by Crippen LogP contribution is 2.29. The summed E-state index contributed by atoms with van der Waals surface area (Å²) in [4.78, 5) is 7.98. The molecule has 0 amide bonds. The molecule has 1 heterocycles. The van der Waals surface area contributed by atoms with Crippen LogP contribution in [0.1, 0.15) is 5.56 Å². The maximum Gasteiger partial charge on any atom is 0.422 e. The fourth-order valence-electron chi connectivity index (χ4n) is 2.17. The molecule has 0 unspecified atom stereocenters. The number of halogens is 3. The number of aromatic nitrogens is 1. The van der Waals surface area contributed by atoms with Crippen molar-refractivity contribution in [1.82, 2.24) is 10.3 Å². The highest BCUT2D eigenvalue weighted by atomic mass is 19.4.